The fourth-order valence-corrected chi connectivity index (χ4v) is 4.24. The van der Waals surface area contributed by atoms with Crippen LogP contribution >= 0.6 is 11.6 Å². The number of aromatic nitrogens is 4. The molecule has 38 heavy (non-hydrogen) atoms. The molecule has 0 aliphatic carbocycles. The van der Waals surface area contributed by atoms with Gasteiger partial charge in [0.05, 0.1) is 41.4 Å². The van der Waals surface area contributed by atoms with Gasteiger partial charge in [0.1, 0.15) is 11.6 Å². The van der Waals surface area contributed by atoms with E-state index in [9.17, 15) is 14.0 Å². The van der Waals surface area contributed by atoms with Gasteiger partial charge in [-0.2, -0.15) is 0 Å². The van der Waals surface area contributed by atoms with E-state index in [0.717, 1.165) is 11.4 Å². The van der Waals surface area contributed by atoms with E-state index in [1.165, 1.54) is 16.7 Å². The quantitative estimate of drug-likeness (QED) is 0.350. The number of ether oxygens (including phenoxy) is 1. The van der Waals surface area contributed by atoms with Gasteiger partial charge >= 0.3 is 0 Å². The summed E-state index contributed by atoms with van der Waals surface area (Å²) in [6, 6.07) is 10.7. The monoisotopic (exact) mass is 535 g/mol. The van der Waals surface area contributed by atoms with Crippen LogP contribution in [-0.2, 0) is 4.79 Å². The fourth-order valence-electron chi connectivity index (χ4n) is 4.06. The number of anilines is 1. The molecule has 10 heteroatoms. The van der Waals surface area contributed by atoms with Crippen LogP contribution in [0.2, 0.25) is 0 Å². The number of nitrogens with one attached hydrogen (secondary N) is 1. The van der Waals surface area contributed by atoms with E-state index in [0.29, 0.717) is 16.9 Å². The van der Waals surface area contributed by atoms with Crippen LogP contribution in [0.15, 0.2) is 59.8 Å². The second-order valence-corrected chi connectivity index (χ2v) is 9.06. The minimum absolute atomic E-state index is 0.0347. The molecule has 0 fully saturated rings. The summed E-state index contributed by atoms with van der Waals surface area (Å²) < 4.78 is 22.3. The van der Waals surface area contributed by atoms with E-state index in [-0.39, 0.29) is 28.8 Å². The van der Waals surface area contributed by atoms with E-state index in [1.807, 2.05) is 29.8 Å². The second-order valence-electron chi connectivity index (χ2n) is 8.68. The Morgan fingerprint density at radius 3 is 2.63 bits per heavy atom. The van der Waals surface area contributed by atoms with Crippen molar-refractivity contribution in [3.63, 3.8) is 0 Å². The molecule has 4 rings (SSSR count). The Morgan fingerprint density at radius 1 is 1.26 bits per heavy atom. The Morgan fingerprint density at radius 2 is 2.00 bits per heavy atom. The molecule has 4 aromatic rings. The SMILES string of the molecule is C=c1nc(NC(=O)CCCl)n(C(C)c2ccc(F)cc2)c(=O)/c1=C/c1ccc(-n2cnc(C)c2)c(OC)c1. The number of imidazole rings is 1. The fraction of sp³-hybridized carbons (Fsp3) is 0.214. The van der Waals surface area contributed by atoms with Gasteiger partial charge in [-0.05, 0) is 55.3 Å². The lowest BCUT2D eigenvalue weighted by Gasteiger charge is -2.20. The molecule has 1 atom stereocenters. The van der Waals surface area contributed by atoms with Crippen LogP contribution in [0.5, 0.6) is 5.75 Å². The summed E-state index contributed by atoms with van der Waals surface area (Å²) in [5.74, 6) is -0.0545. The molecule has 2 aromatic heterocycles. The maximum atomic E-state index is 13.8. The van der Waals surface area contributed by atoms with E-state index in [1.54, 1.807) is 44.6 Å². The molecule has 8 nitrogen and oxygen atoms in total. The van der Waals surface area contributed by atoms with Crippen molar-refractivity contribution >= 4 is 36.1 Å². The van der Waals surface area contributed by atoms with Crippen LogP contribution in [0.3, 0.4) is 0 Å². The summed E-state index contributed by atoms with van der Waals surface area (Å²) in [4.78, 5) is 34.9. The first-order chi connectivity index (χ1) is 18.2. The molecule has 0 aliphatic rings. The van der Waals surface area contributed by atoms with E-state index < -0.39 is 23.3 Å². The van der Waals surface area contributed by atoms with E-state index in [4.69, 9.17) is 16.3 Å². The zero-order chi connectivity index (χ0) is 27.4. The molecule has 2 heterocycles. The summed E-state index contributed by atoms with van der Waals surface area (Å²) in [7, 11) is 1.57. The summed E-state index contributed by atoms with van der Waals surface area (Å²) in [6.07, 6.45) is 5.29. The number of halogens is 2. The number of hydrogen-bond acceptors (Lipinski definition) is 5. The minimum Gasteiger partial charge on any atom is -0.495 e. The number of hydrogen-bond donors (Lipinski definition) is 1. The molecule has 0 saturated carbocycles. The predicted molar refractivity (Wildman–Crippen MR) is 146 cm³/mol. The second kappa shape index (κ2) is 11.4. The number of benzene rings is 2. The van der Waals surface area contributed by atoms with Gasteiger partial charge in [0.2, 0.25) is 11.9 Å². The highest BCUT2D eigenvalue weighted by Gasteiger charge is 2.18. The van der Waals surface area contributed by atoms with Crippen molar-refractivity contribution in [3.05, 3.63) is 98.5 Å². The Hall–Kier alpha value is -4.24. The number of rotatable bonds is 8. The summed E-state index contributed by atoms with van der Waals surface area (Å²) in [6.45, 7) is 7.63. The van der Waals surface area contributed by atoms with E-state index in [2.05, 4.69) is 21.9 Å². The first-order valence-corrected chi connectivity index (χ1v) is 12.4. The standard InChI is InChI=1S/C28H27ClFN5O3/c1-17-15-34(16-31-17)24-10-5-20(14-25(24)38-4)13-23-18(2)32-28(33-26(36)11-12-29)35(27(23)37)19(3)21-6-8-22(30)9-7-21/h5-10,13-16,19H,2,11-12H2,1,3-4H3,(H,32,33,36)/b23-13+. The first-order valence-electron chi connectivity index (χ1n) is 11.8. The van der Waals surface area contributed by atoms with Crippen LogP contribution in [0.1, 0.15) is 36.2 Å². The van der Waals surface area contributed by atoms with Crippen molar-refractivity contribution in [2.75, 3.05) is 18.3 Å². The Balaban J connectivity index is 1.87. The highest BCUT2D eigenvalue weighted by atomic mass is 35.5. The molecule has 1 amide bonds. The number of alkyl halides is 1. The van der Waals surface area contributed by atoms with Crippen molar-refractivity contribution in [1.29, 1.82) is 0 Å². The molecule has 0 saturated heterocycles. The highest BCUT2D eigenvalue weighted by molar-refractivity contribution is 6.19. The molecule has 0 radical (unpaired) electrons. The Bertz CT molecular complexity index is 1650. The van der Waals surface area contributed by atoms with Crippen LogP contribution in [0, 0.1) is 12.7 Å². The van der Waals surface area contributed by atoms with Gasteiger partial charge in [0.15, 0.2) is 0 Å². The normalized spacial score (nSPS) is 12.4. The topological polar surface area (TPSA) is 91.0 Å². The van der Waals surface area contributed by atoms with Crippen LogP contribution in [-0.4, -0.2) is 38.0 Å². The third kappa shape index (κ3) is 5.68. The minimum atomic E-state index is -0.573. The molecule has 2 aromatic carbocycles. The third-order valence-electron chi connectivity index (χ3n) is 6.05. The van der Waals surface area contributed by atoms with Gasteiger partial charge in [-0.3, -0.25) is 19.5 Å². The summed E-state index contributed by atoms with van der Waals surface area (Å²) >= 11 is 5.71. The smallest absolute Gasteiger partial charge is 0.263 e. The average Bonchev–Trinajstić information content (AvgIpc) is 3.32. The largest absolute Gasteiger partial charge is 0.495 e. The molecular weight excluding hydrogens is 509 g/mol. The van der Waals surface area contributed by atoms with Crippen LogP contribution < -0.4 is 26.2 Å². The lowest BCUT2D eigenvalue weighted by Crippen LogP contribution is -2.48. The van der Waals surface area contributed by atoms with Gasteiger partial charge in [0, 0.05) is 18.5 Å². The average molecular weight is 536 g/mol. The third-order valence-corrected chi connectivity index (χ3v) is 6.24. The van der Waals surface area contributed by atoms with Gasteiger partial charge in [-0.1, -0.05) is 24.8 Å². The molecule has 1 N–H and O–H groups in total. The van der Waals surface area contributed by atoms with Gasteiger partial charge in [-0.25, -0.2) is 14.4 Å². The van der Waals surface area contributed by atoms with Gasteiger partial charge < -0.3 is 9.30 Å². The van der Waals surface area contributed by atoms with Crippen LogP contribution in [0.25, 0.3) is 18.3 Å². The zero-order valence-corrected chi connectivity index (χ0v) is 22.0. The number of methoxy groups -OCH3 is 1. The molecule has 196 valence electrons. The first kappa shape index (κ1) is 26.8. The number of amides is 1. The van der Waals surface area contributed by atoms with Crippen LogP contribution in [0.4, 0.5) is 10.3 Å². The molecule has 0 aliphatic heterocycles. The predicted octanol–water partition coefficient (Wildman–Crippen LogP) is 3.30. The number of nitrogens with zero attached hydrogens (tertiary/aromatic N) is 4. The maximum absolute atomic E-state index is 13.8. The number of aryl methyl sites for hydroxylation is 1. The Kier molecular flexibility index (Phi) is 8.07. The van der Waals surface area contributed by atoms with Gasteiger partial charge in [0.25, 0.3) is 5.56 Å². The van der Waals surface area contributed by atoms with E-state index >= 15 is 0 Å². The lowest BCUT2D eigenvalue weighted by molar-refractivity contribution is -0.115. The Labute approximate surface area is 223 Å². The summed E-state index contributed by atoms with van der Waals surface area (Å²) in [5.41, 5.74) is 2.58. The summed E-state index contributed by atoms with van der Waals surface area (Å²) in [5, 5.41) is 3.09. The van der Waals surface area contributed by atoms with Gasteiger partial charge in [-0.15, -0.1) is 11.6 Å². The van der Waals surface area contributed by atoms with Crippen molar-refractivity contribution in [1.82, 2.24) is 19.1 Å². The number of carbonyl (C=O) groups excluding carboxylic acids is 1. The molecule has 0 bridgehead atoms. The molecule has 0 spiro atoms. The maximum Gasteiger partial charge on any atom is 0.263 e. The molecular formula is C28H27ClFN5O3. The van der Waals surface area contributed by atoms with Crippen molar-refractivity contribution < 1.29 is 13.9 Å². The van der Waals surface area contributed by atoms with Crippen molar-refractivity contribution in [2.24, 2.45) is 0 Å². The van der Waals surface area contributed by atoms with Crippen molar-refractivity contribution in [3.8, 4) is 11.4 Å². The van der Waals surface area contributed by atoms with Crippen molar-refractivity contribution in [2.45, 2.75) is 26.3 Å². The number of carbonyl (C=O) groups is 1. The zero-order valence-electron chi connectivity index (χ0n) is 21.2. The lowest BCUT2D eigenvalue weighted by atomic mass is 10.1. The molecule has 1 unspecified atom stereocenters. The highest BCUT2D eigenvalue weighted by Crippen LogP contribution is 2.25.